The molecule has 0 aliphatic rings. The predicted octanol–water partition coefficient (Wildman–Crippen LogP) is 2.13. The maximum absolute atomic E-state index is 12.0. The highest BCUT2D eigenvalue weighted by Gasteiger charge is 2.15. The Balaban J connectivity index is 2.50. The lowest BCUT2D eigenvalue weighted by Gasteiger charge is -2.20. The lowest BCUT2D eigenvalue weighted by molar-refractivity contribution is -0.138. The number of benzene rings is 1. The minimum absolute atomic E-state index is 0.0973. The van der Waals surface area contributed by atoms with Crippen molar-refractivity contribution in [2.45, 2.75) is 33.2 Å². The van der Waals surface area contributed by atoms with Crippen molar-refractivity contribution in [3.05, 3.63) is 35.9 Å². The van der Waals surface area contributed by atoms with Gasteiger partial charge in [0.1, 0.15) is 0 Å². The number of carbonyl (C=O) groups excluding carboxylic acids is 1. The van der Waals surface area contributed by atoms with Gasteiger partial charge in [0.15, 0.2) is 0 Å². The fraction of sp³-hybridized carbons (Fsp3) is 0.529. The summed E-state index contributed by atoms with van der Waals surface area (Å²) in [5.41, 5.74) is 0.996. The zero-order valence-corrected chi connectivity index (χ0v) is 13.4. The number of carboxylic acid groups (broad SMARTS) is 1. The Labute approximate surface area is 132 Å². The van der Waals surface area contributed by atoms with E-state index in [0.717, 1.165) is 18.4 Å². The second kappa shape index (κ2) is 9.95. The summed E-state index contributed by atoms with van der Waals surface area (Å²) in [6, 6.07) is 9.57. The first kappa shape index (κ1) is 18.2. The fourth-order valence-corrected chi connectivity index (χ4v) is 2.34. The van der Waals surface area contributed by atoms with Crippen molar-refractivity contribution in [3.8, 4) is 0 Å². The molecule has 122 valence electrons. The summed E-state index contributed by atoms with van der Waals surface area (Å²) in [6.45, 7) is 5.26. The molecule has 1 unspecified atom stereocenters. The molecule has 1 atom stereocenters. The molecule has 0 saturated carbocycles. The molecule has 0 saturated heterocycles. The largest absolute Gasteiger partial charge is 0.480 e. The molecule has 1 rings (SSSR count). The molecule has 1 aromatic carbocycles. The van der Waals surface area contributed by atoms with E-state index in [-0.39, 0.29) is 19.0 Å². The zero-order valence-electron chi connectivity index (χ0n) is 13.4. The molecule has 0 bridgehead atoms. The van der Waals surface area contributed by atoms with Crippen LogP contribution in [0.5, 0.6) is 0 Å². The Hall–Kier alpha value is -1.88. The van der Waals surface area contributed by atoms with Crippen molar-refractivity contribution < 1.29 is 14.7 Å². The van der Waals surface area contributed by atoms with Crippen LogP contribution in [0.2, 0.25) is 0 Å². The maximum atomic E-state index is 12.0. The van der Waals surface area contributed by atoms with Gasteiger partial charge in [-0.05, 0) is 17.9 Å². The Bertz CT molecular complexity index is 462. The number of nitrogens with zero attached hydrogens (tertiary/aromatic N) is 1. The lowest BCUT2D eigenvalue weighted by Crippen LogP contribution is -2.40. The van der Waals surface area contributed by atoms with E-state index in [4.69, 9.17) is 5.11 Å². The van der Waals surface area contributed by atoms with Crippen LogP contribution in [0.4, 0.5) is 0 Å². The number of rotatable bonds is 10. The van der Waals surface area contributed by atoms with Crippen LogP contribution in [0.3, 0.4) is 0 Å². The van der Waals surface area contributed by atoms with Gasteiger partial charge in [0.05, 0.1) is 13.1 Å². The number of amides is 1. The van der Waals surface area contributed by atoms with Crippen molar-refractivity contribution in [2.24, 2.45) is 5.92 Å². The minimum atomic E-state index is -0.928. The fourth-order valence-electron chi connectivity index (χ4n) is 2.34. The Morgan fingerprint density at radius 1 is 1.23 bits per heavy atom. The minimum Gasteiger partial charge on any atom is -0.480 e. The highest BCUT2D eigenvalue weighted by atomic mass is 16.4. The highest BCUT2D eigenvalue weighted by molar-refractivity contribution is 5.79. The van der Waals surface area contributed by atoms with Crippen LogP contribution in [0.1, 0.15) is 32.3 Å². The normalized spacial score (nSPS) is 12.1. The standard InChI is InChI=1S/C17H26N2O3/c1-3-7-14(2)10-18-16(20)12-19(13-17(21)22)11-15-8-5-4-6-9-15/h4-6,8-9,14H,3,7,10-13H2,1-2H3,(H,18,20)(H,21,22). The molecule has 0 aliphatic carbocycles. The van der Waals surface area contributed by atoms with Gasteiger partial charge < -0.3 is 10.4 Å². The Morgan fingerprint density at radius 3 is 2.50 bits per heavy atom. The molecule has 1 aromatic rings. The van der Waals surface area contributed by atoms with Crippen molar-refractivity contribution in [3.63, 3.8) is 0 Å². The smallest absolute Gasteiger partial charge is 0.317 e. The molecule has 22 heavy (non-hydrogen) atoms. The number of aliphatic carboxylic acids is 1. The first-order valence-electron chi connectivity index (χ1n) is 7.76. The molecule has 0 aliphatic heterocycles. The average Bonchev–Trinajstić information content (AvgIpc) is 2.46. The number of carboxylic acids is 1. The first-order valence-corrected chi connectivity index (χ1v) is 7.76. The summed E-state index contributed by atoms with van der Waals surface area (Å²) in [5.74, 6) is -0.612. The summed E-state index contributed by atoms with van der Waals surface area (Å²) >= 11 is 0. The van der Waals surface area contributed by atoms with E-state index < -0.39 is 5.97 Å². The Morgan fingerprint density at radius 2 is 1.91 bits per heavy atom. The lowest BCUT2D eigenvalue weighted by atomic mass is 10.1. The molecule has 1 amide bonds. The molecule has 0 radical (unpaired) electrons. The topological polar surface area (TPSA) is 69.6 Å². The van der Waals surface area contributed by atoms with Gasteiger partial charge in [0.2, 0.25) is 5.91 Å². The summed E-state index contributed by atoms with van der Waals surface area (Å²) in [6.07, 6.45) is 2.17. The molecule has 0 spiro atoms. The third-order valence-corrected chi connectivity index (χ3v) is 3.40. The van der Waals surface area contributed by atoms with Crippen LogP contribution < -0.4 is 5.32 Å². The number of hydrogen-bond donors (Lipinski definition) is 2. The van der Waals surface area contributed by atoms with Gasteiger partial charge in [0.25, 0.3) is 0 Å². The summed E-state index contributed by atoms with van der Waals surface area (Å²) in [4.78, 5) is 24.6. The summed E-state index contributed by atoms with van der Waals surface area (Å²) in [7, 11) is 0. The van der Waals surface area contributed by atoms with Gasteiger partial charge in [-0.15, -0.1) is 0 Å². The molecule has 0 fully saturated rings. The van der Waals surface area contributed by atoms with Crippen LogP contribution in [0, 0.1) is 5.92 Å². The van der Waals surface area contributed by atoms with E-state index >= 15 is 0 Å². The molecule has 0 aromatic heterocycles. The number of nitrogens with one attached hydrogen (secondary N) is 1. The van der Waals surface area contributed by atoms with E-state index in [1.54, 1.807) is 4.90 Å². The molecular weight excluding hydrogens is 280 g/mol. The van der Waals surface area contributed by atoms with Crippen LogP contribution in [-0.2, 0) is 16.1 Å². The van der Waals surface area contributed by atoms with E-state index in [2.05, 4.69) is 19.2 Å². The van der Waals surface area contributed by atoms with Crippen LogP contribution in [-0.4, -0.2) is 41.5 Å². The predicted molar refractivity (Wildman–Crippen MR) is 86.4 cm³/mol. The van der Waals surface area contributed by atoms with Crippen molar-refractivity contribution in [1.29, 1.82) is 0 Å². The van der Waals surface area contributed by atoms with Gasteiger partial charge in [-0.3, -0.25) is 14.5 Å². The van der Waals surface area contributed by atoms with Gasteiger partial charge >= 0.3 is 5.97 Å². The molecule has 2 N–H and O–H groups in total. The maximum Gasteiger partial charge on any atom is 0.317 e. The molecular formula is C17H26N2O3. The van der Waals surface area contributed by atoms with Crippen molar-refractivity contribution >= 4 is 11.9 Å². The number of hydrogen-bond acceptors (Lipinski definition) is 3. The van der Waals surface area contributed by atoms with Crippen LogP contribution >= 0.6 is 0 Å². The number of carbonyl (C=O) groups is 2. The summed E-state index contributed by atoms with van der Waals surface area (Å²) in [5, 5.41) is 11.9. The second-order valence-corrected chi connectivity index (χ2v) is 5.72. The quantitative estimate of drug-likeness (QED) is 0.695. The zero-order chi connectivity index (χ0) is 16.4. The monoisotopic (exact) mass is 306 g/mol. The van der Waals surface area contributed by atoms with Gasteiger partial charge in [-0.2, -0.15) is 0 Å². The SMILES string of the molecule is CCCC(C)CNC(=O)CN(CC(=O)O)Cc1ccccc1. The molecule has 5 heteroatoms. The van der Waals surface area contributed by atoms with E-state index in [0.29, 0.717) is 19.0 Å². The van der Waals surface area contributed by atoms with Gasteiger partial charge in [-0.25, -0.2) is 0 Å². The van der Waals surface area contributed by atoms with Crippen LogP contribution in [0.15, 0.2) is 30.3 Å². The molecule has 5 nitrogen and oxygen atoms in total. The van der Waals surface area contributed by atoms with Crippen molar-refractivity contribution in [1.82, 2.24) is 10.2 Å². The van der Waals surface area contributed by atoms with Crippen LogP contribution in [0.25, 0.3) is 0 Å². The van der Waals surface area contributed by atoms with Gasteiger partial charge in [0, 0.05) is 13.1 Å². The third-order valence-electron chi connectivity index (χ3n) is 3.40. The molecule has 0 heterocycles. The Kier molecular flexibility index (Phi) is 8.22. The van der Waals surface area contributed by atoms with Crippen molar-refractivity contribution in [2.75, 3.05) is 19.6 Å². The van der Waals surface area contributed by atoms with Gasteiger partial charge in [-0.1, -0.05) is 50.6 Å². The third kappa shape index (κ3) is 7.78. The first-order chi connectivity index (χ1) is 10.5. The second-order valence-electron chi connectivity index (χ2n) is 5.72. The average molecular weight is 306 g/mol. The van der Waals surface area contributed by atoms with E-state index in [1.807, 2.05) is 30.3 Å². The highest BCUT2D eigenvalue weighted by Crippen LogP contribution is 2.05. The van der Waals surface area contributed by atoms with E-state index in [1.165, 1.54) is 0 Å². The van der Waals surface area contributed by atoms with E-state index in [9.17, 15) is 9.59 Å². The summed E-state index contributed by atoms with van der Waals surface area (Å²) < 4.78 is 0.